The quantitative estimate of drug-likeness (QED) is 0.509. The van der Waals surface area contributed by atoms with Gasteiger partial charge in [-0.15, -0.1) is 0 Å². The van der Waals surface area contributed by atoms with E-state index in [9.17, 15) is 4.79 Å². The summed E-state index contributed by atoms with van der Waals surface area (Å²) in [5.41, 5.74) is 1.09. The molecule has 0 saturated carbocycles. The molecule has 0 fully saturated rings. The Morgan fingerprint density at radius 3 is 2.64 bits per heavy atom. The number of halogens is 3. The fourth-order valence-corrected chi connectivity index (χ4v) is 3.20. The van der Waals surface area contributed by atoms with E-state index in [4.69, 9.17) is 23.2 Å². The number of hydrogen-bond donors (Lipinski definition) is 0. The molecule has 7 heteroatoms. The number of fused-ring (bicyclic) bond motifs is 1. The molecule has 0 N–H and O–H groups in total. The van der Waals surface area contributed by atoms with Crippen molar-refractivity contribution in [3.8, 4) is 0 Å². The van der Waals surface area contributed by atoms with E-state index in [1.807, 2.05) is 26.0 Å². The van der Waals surface area contributed by atoms with Gasteiger partial charge in [-0.25, -0.2) is 4.98 Å². The molecule has 0 unspecified atom stereocenters. The summed E-state index contributed by atoms with van der Waals surface area (Å²) >= 11 is 15.5. The summed E-state index contributed by atoms with van der Waals surface area (Å²) in [6.45, 7) is 3.93. The topological polar surface area (TPSA) is 47.2 Å². The summed E-state index contributed by atoms with van der Waals surface area (Å²) in [6.07, 6.45) is 1.54. The van der Waals surface area contributed by atoms with Crippen LogP contribution in [0.5, 0.6) is 0 Å². The first-order valence-corrected chi connectivity index (χ1v) is 9.13. The van der Waals surface area contributed by atoms with Crippen molar-refractivity contribution in [2.75, 3.05) is 0 Å². The molecule has 0 atom stereocenters. The predicted octanol–water partition coefficient (Wildman–Crippen LogP) is 5.47. The van der Waals surface area contributed by atoms with Gasteiger partial charge in [0.05, 0.1) is 22.1 Å². The minimum absolute atomic E-state index is 0.0265. The fraction of sp³-hybridized carbons (Fsp3) is 0.167. The second-order valence-electron chi connectivity index (χ2n) is 5.81. The van der Waals surface area contributed by atoms with E-state index in [0.29, 0.717) is 32.3 Å². The third-order valence-corrected chi connectivity index (χ3v) is 4.68. The van der Waals surface area contributed by atoms with Crippen molar-refractivity contribution in [1.82, 2.24) is 9.66 Å². The number of aromatic nitrogens is 2. The number of hydrogen-bond acceptors (Lipinski definition) is 3. The van der Waals surface area contributed by atoms with E-state index < -0.39 is 0 Å². The third-order valence-electron chi connectivity index (χ3n) is 3.62. The largest absolute Gasteiger partial charge is 0.282 e. The van der Waals surface area contributed by atoms with Crippen LogP contribution in [0.15, 0.2) is 50.8 Å². The van der Waals surface area contributed by atoms with Crippen LogP contribution in [-0.2, 0) is 0 Å². The fourth-order valence-electron chi connectivity index (χ4n) is 2.38. The summed E-state index contributed by atoms with van der Waals surface area (Å²) < 4.78 is 2.14. The van der Waals surface area contributed by atoms with Gasteiger partial charge in [-0.05, 0) is 30.3 Å². The highest BCUT2D eigenvalue weighted by Crippen LogP contribution is 2.21. The van der Waals surface area contributed by atoms with E-state index in [-0.39, 0.29) is 11.5 Å². The molecule has 0 bridgehead atoms. The zero-order valence-corrected chi connectivity index (χ0v) is 16.6. The zero-order chi connectivity index (χ0) is 18.1. The van der Waals surface area contributed by atoms with Gasteiger partial charge in [0.15, 0.2) is 0 Å². The van der Waals surface area contributed by atoms with Crippen LogP contribution in [0.4, 0.5) is 0 Å². The van der Waals surface area contributed by atoms with E-state index in [2.05, 4.69) is 26.0 Å². The summed E-state index contributed by atoms with van der Waals surface area (Å²) in [6, 6.07) is 10.5. The standard InChI is InChI=1S/C18H14BrCl2N3O/c1-10(2)17-23-16-6-4-12(19)7-14(16)18(25)24(17)22-9-11-3-5-13(20)8-15(11)21/h3-10H,1-2H3. The molecule has 0 aliphatic heterocycles. The van der Waals surface area contributed by atoms with Crippen molar-refractivity contribution < 1.29 is 0 Å². The molecule has 3 rings (SSSR count). The van der Waals surface area contributed by atoms with Crippen molar-refractivity contribution in [1.29, 1.82) is 0 Å². The molecule has 0 saturated heterocycles. The van der Waals surface area contributed by atoms with Crippen LogP contribution in [0.2, 0.25) is 10.0 Å². The Morgan fingerprint density at radius 1 is 1.20 bits per heavy atom. The van der Waals surface area contributed by atoms with Crippen molar-refractivity contribution in [3.63, 3.8) is 0 Å². The minimum Gasteiger partial charge on any atom is -0.267 e. The monoisotopic (exact) mass is 437 g/mol. The second-order valence-corrected chi connectivity index (χ2v) is 7.57. The normalized spacial score (nSPS) is 11.8. The molecular weight excluding hydrogens is 425 g/mol. The maximum absolute atomic E-state index is 12.9. The summed E-state index contributed by atoms with van der Waals surface area (Å²) in [4.78, 5) is 17.5. The number of rotatable bonds is 3. The average molecular weight is 439 g/mol. The molecule has 1 heterocycles. The Hall–Kier alpha value is -1.69. The molecule has 4 nitrogen and oxygen atoms in total. The van der Waals surface area contributed by atoms with Crippen molar-refractivity contribution in [2.45, 2.75) is 19.8 Å². The van der Waals surface area contributed by atoms with E-state index in [1.54, 1.807) is 24.3 Å². The molecular formula is C18H14BrCl2N3O. The number of benzene rings is 2. The molecule has 128 valence electrons. The van der Waals surface area contributed by atoms with Gasteiger partial charge >= 0.3 is 0 Å². The highest BCUT2D eigenvalue weighted by molar-refractivity contribution is 9.10. The highest BCUT2D eigenvalue weighted by atomic mass is 79.9. The number of nitrogens with zero attached hydrogens (tertiary/aromatic N) is 3. The van der Waals surface area contributed by atoms with E-state index in [1.165, 1.54) is 10.9 Å². The molecule has 0 spiro atoms. The van der Waals surface area contributed by atoms with Gasteiger partial charge in [0, 0.05) is 21.0 Å². The average Bonchev–Trinajstić information content (AvgIpc) is 2.55. The van der Waals surface area contributed by atoms with Gasteiger partial charge in [0.25, 0.3) is 5.56 Å². The Bertz CT molecular complexity index is 1040. The van der Waals surface area contributed by atoms with Crippen LogP contribution < -0.4 is 5.56 Å². The summed E-state index contributed by atoms with van der Waals surface area (Å²) in [5.74, 6) is 0.611. The SMILES string of the molecule is CC(C)c1nc2ccc(Br)cc2c(=O)n1N=Cc1ccc(Cl)cc1Cl. The van der Waals surface area contributed by atoms with Crippen LogP contribution in [0.3, 0.4) is 0 Å². The van der Waals surface area contributed by atoms with Crippen molar-refractivity contribution in [2.24, 2.45) is 5.10 Å². The molecule has 0 aliphatic rings. The van der Waals surface area contributed by atoms with Gasteiger partial charge in [0.1, 0.15) is 5.82 Å². The van der Waals surface area contributed by atoms with Crippen LogP contribution >= 0.6 is 39.1 Å². The van der Waals surface area contributed by atoms with Gasteiger partial charge < -0.3 is 0 Å². The Balaban J connectivity index is 2.19. The molecule has 0 amide bonds. The molecule has 1 aromatic heterocycles. The Kier molecular flexibility index (Phi) is 5.27. The van der Waals surface area contributed by atoms with Crippen LogP contribution in [0.25, 0.3) is 10.9 Å². The van der Waals surface area contributed by atoms with Crippen molar-refractivity contribution >= 4 is 56.2 Å². The molecule has 0 radical (unpaired) electrons. The van der Waals surface area contributed by atoms with Gasteiger partial charge in [-0.1, -0.05) is 59.0 Å². The first-order chi connectivity index (χ1) is 11.9. The van der Waals surface area contributed by atoms with Gasteiger partial charge in [-0.2, -0.15) is 9.78 Å². The first kappa shape index (κ1) is 18.1. The zero-order valence-electron chi connectivity index (χ0n) is 13.5. The smallest absolute Gasteiger partial charge is 0.267 e. The van der Waals surface area contributed by atoms with Crippen LogP contribution in [0, 0.1) is 0 Å². The van der Waals surface area contributed by atoms with E-state index in [0.717, 1.165) is 4.47 Å². The lowest BCUT2D eigenvalue weighted by atomic mass is 10.2. The highest BCUT2D eigenvalue weighted by Gasteiger charge is 2.13. The second kappa shape index (κ2) is 7.28. The van der Waals surface area contributed by atoms with Gasteiger partial charge in [-0.3, -0.25) is 4.79 Å². The maximum Gasteiger partial charge on any atom is 0.282 e. The van der Waals surface area contributed by atoms with Crippen LogP contribution in [0.1, 0.15) is 31.2 Å². The lowest BCUT2D eigenvalue weighted by molar-refractivity contribution is 0.665. The molecule has 0 aliphatic carbocycles. The minimum atomic E-state index is -0.226. The predicted molar refractivity (Wildman–Crippen MR) is 107 cm³/mol. The summed E-state index contributed by atoms with van der Waals surface area (Å²) in [7, 11) is 0. The third kappa shape index (κ3) is 3.78. The molecule has 3 aromatic rings. The van der Waals surface area contributed by atoms with E-state index >= 15 is 0 Å². The van der Waals surface area contributed by atoms with Crippen molar-refractivity contribution in [3.05, 3.63) is 72.7 Å². The van der Waals surface area contributed by atoms with Gasteiger partial charge in [0.2, 0.25) is 0 Å². The Morgan fingerprint density at radius 2 is 1.96 bits per heavy atom. The summed E-state index contributed by atoms with van der Waals surface area (Å²) in [5, 5.41) is 5.85. The Labute approximate surface area is 163 Å². The lowest BCUT2D eigenvalue weighted by Gasteiger charge is -2.12. The lowest BCUT2D eigenvalue weighted by Crippen LogP contribution is -2.23. The maximum atomic E-state index is 12.9. The molecule has 25 heavy (non-hydrogen) atoms. The van der Waals surface area contributed by atoms with Crippen LogP contribution in [-0.4, -0.2) is 15.9 Å². The molecule has 2 aromatic carbocycles. The first-order valence-electron chi connectivity index (χ1n) is 7.58.